The van der Waals surface area contributed by atoms with Gasteiger partial charge in [-0.05, 0) is 31.0 Å². The molecule has 1 aromatic carbocycles. The molecule has 0 spiro atoms. The van der Waals surface area contributed by atoms with Crippen LogP contribution in [-0.2, 0) is 6.42 Å². The Bertz CT molecular complexity index is 301. The summed E-state index contributed by atoms with van der Waals surface area (Å²) in [6.45, 7) is 2.71. The molecular weight excluding hydrogens is 174 g/mol. The Hall–Kier alpha value is -1.28. The number of ether oxygens (including phenoxy) is 1. The highest BCUT2D eigenvalue weighted by molar-refractivity contribution is 5.29. The van der Waals surface area contributed by atoms with Crippen LogP contribution < -0.4 is 10.5 Å². The summed E-state index contributed by atoms with van der Waals surface area (Å²) in [6.07, 6.45) is 3.01. The van der Waals surface area contributed by atoms with Gasteiger partial charge < -0.3 is 10.5 Å². The van der Waals surface area contributed by atoms with E-state index in [1.807, 2.05) is 18.2 Å². The highest BCUT2D eigenvalue weighted by Gasteiger charge is 1.95. The first-order chi connectivity index (χ1) is 6.76. The van der Waals surface area contributed by atoms with E-state index < -0.39 is 0 Å². The normalized spacial score (nSPS) is 11.5. The second-order valence-electron chi connectivity index (χ2n) is 3.31. The van der Waals surface area contributed by atoms with Crippen molar-refractivity contribution >= 4 is 0 Å². The zero-order valence-electron chi connectivity index (χ0n) is 8.79. The fourth-order valence-electron chi connectivity index (χ4n) is 1.34. The molecule has 2 heteroatoms. The molecule has 0 aromatic heterocycles. The van der Waals surface area contributed by atoms with Gasteiger partial charge in [0.15, 0.2) is 0 Å². The van der Waals surface area contributed by atoms with E-state index in [0.717, 1.165) is 12.2 Å². The van der Waals surface area contributed by atoms with Crippen LogP contribution in [0.5, 0.6) is 5.75 Å². The van der Waals surface area contributed by atoms with E-state index >= 15 is 0 Å². The molecule has 0 saturated heterocycles. The fourth-order valence-corrected chi connectivity index (χ4v) is 1.34. The zero-order chi connectivity index (χ0) is 10.4. The number of hydrogen-bond acceptors (Lipinski definition) is 2. The van der Waals surface area contributed by atoms with Crippen LogP contribution in [0.15, 0.2) is 35.9 Å². The third-order valence-electron chi connectivity index (χ3n) is 2.11. The standard InChI is InChI=1S/C12H17NO/c1-10(7-8-13)9-11-3-5-12(14-2)6-4-11/h3-7H,8-9,13H2,1-2H3. The quantitative estimate of drug-likeness (QED) is 0.740. The van der Waals surface area contributed by atoms with Gasteiger partial charge in [-0.3, -0.25) is 0 Å². The Kier molecular flexibility index (Phi) is 4.20. The van der Waals surface area contributed by atoms with Crippen LogP contribution >= 0.6 is 0 Å². The summed E-state index contributed by atoms with van der Waals surface area (Å²) in [7, 11) is 1.68. The van der Waals surface area contributed by atoms with Crippen molar-refractivity contribution < 1.29 is 4.74 Å². The van der Waals surface area contributed by atoms with E-state index in [1.54, 1.807) is 7.11 Å². The fraction of sp³-hybridized carbons (Fsp3) is 0.333. The van der Waals surface area contributed by atoms with Crippen LogP contribution in [0.4, 0.5) is 0 Å². The molecule has 0 fully saturated rings. The molecule has 0 aliphatic heterocycles. The predicted molar refractivity (Wildman–Crippen MR) is 59.5 cm³/mol. The first kappa shape index (κ1) is 10.8. The van der Waals surface area contributed by atoms with E-state index in [1.165, 1.54) is 11.1 Å². The number of allylic oxidation sites excluding steroid dienone is 1. The van der Waals surface area contributed by atoms with Gasteiger partial charge in [0, 0.05) is 6.54 Å². The molecular formula is C12H17NO. The topological polar surface area (TPSA) is 35.2 Å². The maximum absolute atomic E-state index is 5.43. The van der Waals surface area contributed by atoms with Crippen LogP contribution in [0.3, 0.4) is 0 Å². The van der Waals surface area contributed by atoms with Crippen LogP contribution in [-0.4, -0.2) is 13.7 Å². The molecule has 0 bridgehead atoms. The zero-order valence-corrected chi connectivity index (χ0v) is 8.79. The molecule has 0 amide bonds. The van der Waals surface area contributed by atoms with Crippen LogP contribution in [0.25, 0.3) is 0 Å². The Morgan fingerprint density at radius 1 is 1.36 bits per heavy atom. The summed E-state index contributed by atoms with van der Waals surface area (Å²) in [5.74, 6) is 0.897. The Morgan fingerprint density at radius 3 is 2.50 bits per heavy atom. The van der Waals surface area contributed by atoms with Crippen molar-refractivity contribution in [3.05, 3.63) is 41.5 Å². The van der Waals surface area contributed by atoms with Gasteiger partial charge in [0.1, 0.15) is 5.75 Å². The molecule has 76 valence electrons. The number of nitrogens with two attached hydrogens (primary N) is 1. The summed E-state index contributed by atoms with van der Waals surface area (Å²) < 4.78 is 5.09. The largest absolute Gasteiger partial charge is 0.497 e. The molecule has 1 aromatic rings. The maximum atomic E-state index is 5.43. The van der Waals surface area contributed by atoms with Crippen LogP contribution in [0.2, 0.25) is 0 Å². The maximum Gasteiger partial charge on any atom is 0.118 e. The lowest BCUT2D eigenvalue weighted by molar-refractivity contribution is 0.414. The molecule has 1 rings (SSSR count). The molecule has 0 atom stereocenters. The molecule has 14 heavy (non-hydrogen) atoms. The lowest BCUT2D eigenvalue weighted by Gasteiger charge is -2.03. The molecule has 0 heterocycles. The Labute approximate surface area is 85.4 Å². The monoisotopic (exact) mass is 191 g/mol. The molecule has 0 saturated carbocycles. The van der Waals surface area contributed by atoms with E-state index in [-0.39, 0.29) is 0 Å². The lowest BCUT2D eigenvalue weighted by Crippen LogP contribution is -1.96. The van der Waals surface area contributed by atoms with Gasteiger partial charge in [-0.15, -0.1) is 0 Å². The second-order valence-corrected chi connectivity index (χ2v) is 3.31. The van der Waals surface area contributed by atoms with Gasteiger partial charge in [-0.25, -0.2) is 0 Å². The molecule has 2 N–H and O–H groups in total. The minimum absolute atomic E-state index is 0.613. The second kappa shape index (κ2) is 5.45. The third kappa shape index (κ3) is 3.23. The first-order valence-corrected chi connectivity index (χ1v) is 4.75. The number of methoxy groups -OCH3 is 1. The molecule has 0 aliphatic carbocycles. The van der Waals surface area contributed by atoms with Crippen molar-refractivity contribution in [2.45, 2.75) is 13.3 Å². The number of benzene rings is 1. The summed E-state index contributed by atoms with van der Waals surface area (Å²) in [4.78, 5) is 0. The molecule has 0 radical (unpaired) electrons. The third-order valence-corrected chi connectivity index (χ3v) is 2.11. The Balaban J connectivity index is 2.64. The average molecular weight is 191 g/mol. The highest BCUT2D eigenvalue weighted by Crippen LogP contribution is 2.13. The van der Waals surface area contributed by atoms with Crippen LogP contribution in [0, 0.1) is 0 Å². The van der Waals surface area contributed by atoms with Crippen molar-refractivity contribution in [2.75, 3.05) is 13.7 Å². The van der Waals surface area contributed by atoms with Crippen molar-refractivity contribution in [1.82, 2.24) is 0 Å². The summed E-state index contributed by atoms with van der Waals surface area (Å²) in [5, 5.41) is 0. The molecule has 0 unspecified atom stereocenters. The molecule has 2 nitrogen and oxygen atoms in total. The predicted octanol–water partition coefficient (Wildman–Crippen LogP) is 2.14. The van der Waals surface area contributed by atoms with Gasteiger partial charge in [-0.2, -0.15) is 0 Å². The first-order valence-electron chi connectivity index (χ1n) is 4.75. The minimum Gasteiger partial charge on any atom is -0.497 e. The average Bonchev–Trinajstić information content (AvgIpc) is 2.19. The van der Waals surface area contributed by atoms with Gasteiger partial charge in [0.25, 0.3) is 0 Å². The molecule has 0 aliphatic rings. The minimum atomic E-state index is 0.613. The summed E-state index contributed by atoms with van der Waals surface area (Å²) in [6, 6.07) is 8.11. The van der Waals surface area contributed by atoms with Crippen molar-refractivity contribution in [3.8, 4) is 5.75 Å². The smallest absolute Gasteiger partial charge is 0.118 e. The van der Waals surface area contributed by atoms with Crippen molar-refractivity contribution in [1.29, 1.82) is 0 Å². The Morgan fingerprint density at radius 2 is 2.00 bits per heavy atom. The van der Waals surface area contributed by atoms with Gasteiger partial charge in [0.05, 0.1) is 7.11 Å². The van der Waals surface area contributed by atoms with E-state index in [2.05, 4.69) is 19.1 Å². The number of hydrogen-bond donors (Lipinski definition) is 1. The lowest BCUT2D eigenvalue weighted by atomic mass is 10.1. The van der Waals surface area contributed by atoms with E-state index in [0.29, 0.717) is 6.54 Å². The van der Waals surface area contributed by atoms with Gasteiger partial charge >= 0.3 is 0 Å². The summed E-state index contributed by atoms with van der Waals surface area (Å²) >= 11 is 0. The van der Waals surface area contributed by atoms with E-state index in [4.69, 9.17) is 10.5 Å². The van der Waals surface area contributed by atoms with Crippen molar-refractivity contribution in [3.63, 3.8) is 0 Å². The van der Waals surface area contributed by atoms with Gasteiger partial charge in [-0.1, -0.05) is 23.8 Å². The van der Waals surface area contributed by atoms with Gasteiger partial charge in [0.2, 0.25) is 0 Å². The van der Waals surface area contributed by atoms with E-state index in [9.17, 15) is 0 Å². The summed E-state index contributed by atoms with van der Waals surface area (Å²) in [5.41, 5.74) is 8.02. The SMILES string of the molecule is COc1ccc(CC(C)=CCN)cc1. The van der Waals surface area contributed by atoms with Crippen LogP contribution in [0.1, 0.15) is 12.5 Å². The van der Waals surface area contributed by atoms with Crippen molar-refractivity contribution in [2.24, 2.45) is 5.73 Å². The number of rotatable bonds is 4. The highest BCUT2D eigenvalue weighted by atomic mass is 16.5.